The second kappa shape index (κ2) is 4.77. The molecule has 4 heteroatoms. The molecule has 0 atom stereocenters. The van der Waals surface area contributed by atoms with Crippen LogP contribution in [0.2, 0.25) is 0 Å². The van der Waals surface area contributed by atoms with Crippen molar-refractivity contribution in [1.82, 2.24) is 4.98 Å². The largest absolute Gasteiger partial charge is 0.334 e. The second-order valence-electron chi connectivity index (χ2n) is 5.68. The van der Waals surface area contributed by atoms with E-state index < -0.39 is 0 Å². The van der Waals surface area contributed by atoms with Crippen molar-refractivity contribution in [3.63, 3.8) is 0 Å². The molecule has 102 valence electrons. The highest BCUT2D eigenvalue weighted by Crippen LogP contribution is 2.41. The minimum atomic E-state index is 0.233. The van der Waals surface area contributed by atoms with Crippen molar-refractivity contribution in [2.45, 2.75) is 31.2 Å². The summed E-state index contributed by atoms with van der Waals surface area (Å²) in [6.07, 6.45) is 7.05. The Morgan fingerprint density at radius 2 is 2.00 bits per heavy atom. The van der Waals surface area contributed by atoms with Gasteiger partial charge in [-0.2, -0.15) is 0 Å². The number of anilines is 1. The van der Waals surface area contributed by atoms with Crippen molar-refractivity contribution < 1.29 is 0 Å². The van der Waals surface area contributed by atoms with Crippen molar-refractivity contribution in [3.05, 3.63) is 36.5 Å². The van der Waals surface area contributed by atoms with Gasteiger partial charge in [0.05, 0.1) is 22.9 Å². The Morgan fingerprint density at radius 3 is 2.90 bits per heavy atom. The van der Waals surface area contributed by atoms with Gasteiger partial charge in [0.2, 0.25) is 0 Å². The maximum Gasteiger partial charge on any atom is 0.161 e. The number of aromatic nitrogens is 1. The third kappa shape index (κ3) is 2.18. The molecule has 1 aliphatic heterocycles. The van der Waals surface area contributed by atoms with Gasteiger partial charge in [0.25, 0.3) is 0 Å². The first kappa shape index (κ1) is 12.2. The van der Waals surface area contributed by atoms with Crippen LogP contribution in [0.25, 0.3) is 10.9 Å². The number of benzene rings is 1. The molecule has 2 heterocycles. The quantitative estimate of drug-likeness (QED) is 0.857. The number of nitrogens with one attached hydrogen (secondary N) is 1. The van der Waals surface area contributed by atoms with Gasteiger partial charge in [-0.15, -0.1) is 0 Å². The van der Waals surface area contributed by atoms with Crippen molar-refractivity contribution in [3.8, 4) is 0 Å². The summed E-state index contributed by atoms with van der Waals surface area (Å²) < 4.78 is 0. The van der Waals surface area contributed by atoms with Gasteiger partial charge in [-0.25, -0.2) is 0 Å². The highest BCUT2D eigenvalue weighted by molar-refractivity contribution is 8.14. The van der Waals surface area contributed by atoms with Crippen LogP contribution in [0.4, 0.5) is 5.69 Å². The molecule has 0 radical (unpaired) electrons. The van der Waals surface area contributed by atoms with Gasteiger partial charge in [0.1, 0.15) is 0 Å². The lowest BCUT2D eigenvalue weighted by atomic mass is 10.0. The zero-order valence-electron chi connectivity index (χ0n) is 11.3. The molecule has 2 aromatic rings. The van der Waals surface area contributed by atoms with Crippen LogP contribution in [0.3, 0.4) is 0 Å². The van der Waals surface area contributed by atoms with Crippen molar-refractivity contribution in [2.75, 3.05) is 11.1 Å². The van der Waals surface area contributed by atoms with Gasteiger partial charge in [0, 0.05) is 11.1 Å². The minimum Gasteiger partial charge on any atom is -0.334 e. The predicted molar refractivity (Wildman–Crippen MR) is 86.5 cm³/mol. The van der Waals surface area contributed by atoms with E-state index in [0.29, 0.717) is 0 Å². The van der Waals surface area contributed by atoms with Crippen molar-refractivity contribution >= 4 is 33.5 Å². The van der Waals surface area contributed by atoms with E-state index in [0.717, 1.165) is 27.5 Å². The number of hydrogen-bond acceptors (Lipinski definition) is 4. The molecule has 1 spiro atoms. The van der Waals surface area contributed by atoms with Gasteiger partial charge in [-0.1, -0.05) is 42.8 Å². The number of hydrogen-bond donors (Lipinski definition) is 1. The molecule has 0 saturated heterocycles. The summed E-state index contributed by atoms with van der Waals surface area (Å²) >= 11 is 1.85. The fourth-order valence-corrected chi connectivity index (χ4v) is 4.31. The first-order chi connectivity index (χ1) is 9.83. The number of fused-ring (bicyclic) bond motifs is 1. The lowest BCUT2D eigenvalue weighted by molar-refractivity contribution is 0.508. The van der Waals surface area contributed by atoms with Crippen LogP contribution < -0.4 is 5.32 Å². The fraction of sp³-hybridized carbons (Fsp3) is 0.375. The van der Waals surface area contributed by atoms with Crippen LogP contribution in [-0.4, -0.2) is 21.4 Å². The maximum absolute atomic E-state index is 4.94. The maximum atomic E-state index is 4.94. The molecule has 1 aromatic heterocycles. The van der Waals surface area contributed by atoms with Crippen LogP contribution in [0.15, 0.2) is 41.5 Å². The first-order valence-electron chi connectivity index (χ1n) is 7.18. The summed E-state index contributed by atoms with van der Waals surface area (Å²) in [5, 5.41) is 5.66. The molecule has 0 unspecified atom stereocenters. The van der Waals surface area contributed by atoms with Crippen molar-refractivity contribution in [2.24, 2.45) is 4.99 Å². The molecular weight excluding hydrogens is 266 g/mol. The SMILES string of the molecule is c1ccc2ncc(NC3=NC4(CCCC4)CS3)cc2c1. The third-order valence-corrected chi connectivity index (χ3v) is 5.34. The van der Waals surface area contributed by atoms with E-state index >= 15 is 0 Å². The normalized spacial score (nSPS) is 20.5. The van der Waals surface area contributed by atoms with Crippen LogP contribution in [-0.2, 0) is 0 Å². The predicted octanol–water partition coefficient (Wildman–Crippen LogP) is 4.06. The van der Waals surface area contributed by atoms with E-state index in [-0.39, 0.29) is 5.54 Å². The average Bonchev–Trinajstić information content (AvgIpc) is 3.09. The summed E-state index contributed by atoms with van der Waals surface area (Å²) in [5.74, 6) is 1.14. The van der Waals surface area contributed by atoms with Gasteiger partial charge in [-0.05, 0) is 25.0 Å². The molecule has 20 heavy (non-hydrogen) atoms. The Labute approximate surface area is 122 Å². The number of nitrogens with zero attached hydrogens (tertiary/aromatic N) is 2. The number of aliphatic imine (C=N–C) groups is 1. The van der Waals surface area contributed by atoms with Gasteiger partial charge in [-0.3, -0.25) is 9.98 Å². The Hall–Kier alpha value is -1.55. The zero-order valence-corrected chi connectivity index (χ0v) is 12.1. The van der Waals surface area contributed by atoms with E-state index in [4.69, 9.17) is 4.99 Å². The van der Waals surface area contributed by atoms with Gasteiger partial charge < -0.3 is 5.32 Å². The topological polar surface area (TPSA) is 37.3 Å². The van der Waals surface area contributed by atoms with E-state index in [1.165, 1.54) is 25.7 Å². The van der Waals surface area contributed by atoms with Crippen molar-refractivity contribution in [1.29, 1.82) is 0 Å². The molecule has 1 N–H and O–H groups in total. The van der Waals surface area contributed by atoms with Crippen LogP contribution >= 0.6 is 11.8 Å². The Morgan fingerprint density at radius 1 is 1.15 bits per heavy atom. The van der Waals surface area contributed by atoms with Gasteiger partial charge >= 0.3 is 0 Å². The Kier molecular flexibility index (Phi) is 2.91. The summed E-state index contributed by atoms with van der Waals surface area (Å²) in [5.41, 5.74) is 2.30. The summed E-state index contributed by atoms with van der Waals surface area (Å²) in [4.78, 5) is 9.42. The fourth-order valence-electron chi connectivity index (χ4n) is 3.10. The molecule has 1 fully saturated rings. The number of amidine groups is 1. The van der Waals surface area contributed by atoms with Crippen LogP contribution in [0.1, 0.15) is 25.7 Å². The standard InChI is InChI=1S/C16H17N3S/c1-2-6-14-12(5-1)9-13(10-17-14)18-15-19-16(11-20-15)7-3-4-8-16/h1-2,5-6,9-10H,3-4,7-8,11H2,(H,18,19). The number of thioether (sulfide) groups is 1. The highest BCUT2D eigenvalue weighted by atomic mass is 32.2. The van der Waals surface area contributed by atoms with E-state index in [1.807, 2.05) is 36.2 Å². The minimum absolute atomic E-state index is 0.233. The molecule has 1 saturated carbocycles. The number of pyridine rings is 1. The molecule has 3 nitrogen and oxygen atoms in total. The summed E-state index contributed by atoms with van der Waals surface area (Å²) in [6.45, 7) is 0. The highest BCUT2D eigenvalue weighted by Gasteiger charge is 2.38. The molecule has 1 aromatic carbocycles. The lowest BCUT2D eigenvalue weighted by Gasteiger charge is -2.16. The van der Waals surface area contributed by atoms with E-state index in [2.05, 4.69) is 22.4 Å². The Balaban J connectivity index is 1.58. The molecule has 2 aliphatic rings. The summed E-state index contributed by atoms with van der Waals surface area (Å²) in [7, 11) is 0. The van der Waals surface area contributed by atoms with Gasteiger partial charge in [0.15, 0.2) is 5.17 Å². The van der Waals surface area contributed by atoms with E-state index in [9.17, 15) is 0 Å². The smallest absolute Gasteiger partial charge is 0.161 e. The molecule has 0 bridgehead atoms. The monoisotopic (exact) mass is 283 g/mol. The van der Waals surface area contributed by atoms with Crippen LogP contribution in [0, 0.1) is 0 Å². The average molecular weight is 283 g/mol. The zero-order chi connectivity index (χ0) is 13.4. The molecule has 4 rings (SSSR count). The third-order valence-electron chi connectivity index (χ3n) is 4.19. The van der Waals surface area contributed by atoms with E-state index in [1.54, 1.807) is 0 Å². The lowest BCUT2D eigenvalue weighted by Crippen LogP contribution is -2.21. The molecule has 1 aliphatic carbocycles. The van der Waals surface area contributed by atoms with Crippen LogP contribution in [0.5, 0.6) is 0 Å². The number of para-hydroxylation sites is 1. The molecule has 0 amide bonds. The molecular formula is C16H17N3S. The number of rotatable bonds is 1. The second-order valence-corrected chi connectivity index (χ2v) is 6.64. The Bertz CT molecular complexity index is 674. The summed E-state index contributed by atoms with van der Waals surface area (Å²) in [6, 6.07) is 10.3. The first-order valence-corrected chi connectivity index (χ1v) is 8.16.